The van der Waals surface area contributed by atoms with Crippen molar-refractivity contribution in [3.8, 4) is 0 Å². The molecular formula is C12H14W. The number of allylic oxidation sites excluding steroid dienone is 1. The van der Waals surface area contributed by atoms with Gasteiger partial charge < -0.3 is 0 Å². The molecule has 0 aromatic heterocycles. The molecule has 0 saturated carbocycles. The van der Waals surface area contributed by atoms with Gasteiger partial charge in [0.05, 0.1) is 0 Å². The fourth-order valence-electron chi connectivity index (χ4n) is 1.16. The summed E-state index contributed by atoms with van der Waals surface area (Å²) in [5, 5.41) is 0. The van der Waals surface area contributed by atoms with Crippen LogP contribution in [-0.2, 0) is 19.4 Å². The quantitative estimate of drug-likeness (QED) is 0.775. The molecule has 0 atom stereocenters. The maximum atomic E-state index is 2.20. The SMILES string of the molecule is C[C](=[W])C=Cc1cccc(C)c1C. The Kier molecular flexibility index (Phi) is 3.81. The molecule has 1 heteroatoms. The minimum absolute atomic E-state index is 1.33. The minimum atomic E-state index is 1.33. The fraction of sp³-hybridized carbons (Fsp3) is 0.250. The Balaban J connectivity index is 3.02. The zero-order chi connectivity index (χ0) is 9.84. The Morgan fingerprint density at radius 3 is 2.62 bits per heavy atom. The van der Waals surface area contributed by atoms with Gasteiger partial charge in [-0.2, -0.15) is 0 Å². The van der Waals surface area contributed by atoms with Crippen LogP contribution in [0.5, 0.6) is 0 Å². The Morgan fingerprint density at radius 2 is 2.00 bits per heavy atom. The Morgan fingerprint density at radius 1 is 1.31 bits per heavy atom. The molecule has 0 aliphatic rings. The molecular weight excluding hydrogens is 328 g/mol. The Bertz CT molecular complexity index is 348. The third-order valence-electron chi connectivity index (χ3n) is 2.14. The summed E-state index contributed by atoms with van der Waals surface area (Å²) >= 11 is 1.54. The Hall–Kier alpha value is -0.482. The second-order valence-electron chi connectivity index (χ2n) is 3.23. The summed E-state index contributed by atoms with van der Waals surface area (Å²) in [7, 11) is 0. The molecule has 13 heavy (non-hydrogen) atoms. The second-order valence-corrected chi connectivity index (χ2v) is 5.55. The molecule has 1 aromatic rings. The standard InChI is InChI=1S/C12H14.W/c1-4-5-8-12-9-6-7-10(2)11(12)3;/h5-9H,1-3H3;. The van der Waals surface area contributed by atoms with E-state index >= 15 is 0 Å². The third-order valence-corrected chi connectivity index (χ3v) is 2.63. The number of aryl methyl sites for hydroxylation is 1. The van der Waals surface area contributed by atoms with E-state index < -0.39 is 0 Å². The van der Waals surface area contributed by atoms with E-state index in [1.54, 1.807) is 0 Å². The number of hydrogen-bond acceptors (Lipinski definition) is 0. The first-order valence-electron chi connectivity index (χ1n) is 4.36. The summed E-state index contributed by atoms with van der Waals surface area (Å²) in [6.07, 6.45) is 4.39. The monoisotopic (exact) mass is 342 g/mol. The van der Waals surface area contributed by atoms with Gasteiger partial charge in [0.25, 0.3) is 0 Å². The van der Waals surface area contributed by atoms with Crippen LogP contribution >= 0.6 is 0 Å². The van der Waals surface area contributed by atoms with Crippen molar-refractivity contribution in [3.63, 3.8) is 0 Å². The molecule has 0 spiro atoms. The van der Waals surface area contributed by atoms with Crippen LogP contribution in [0.4, 0.5) is 0 Å². The van der Waals surface area contributed by atoms with Gasteiger partial charge in [-0.1, -0.05) is 0 Å². The van der Waals surface area contributed by atoms with Crippen molar-refractivity contribution in [1.29, 1.82) is 0 Å². The Labute approximate surface area is 91.1 Å². The predicted octanol–water partition coefficient (Wildman–Crippen LogP) is 3.06. The third kappa shape index (κ3) is 3.04. The van der Waals surface area contributed by atoms with E-state index in [2.05, 4.69) is 51.1 Å². The first kappa shape index (κ1) is 10.6. The topological polar surface area (TPSA) is 0 Å². The van der Waals surface area contributed by atoms with E-state index in [0.717, 1.165) is 0 Å². The van der Waals surface area contributed by atoms with Crippen LogP contribution in [0.3, 0.4) is 0 Å². The van der Waals surface area contributed by atoms with Gasteiger partial charge in [-0.3, -0.25) is 0 Å². The van der Waals surface area contributed by atoms with Gasteiger partial charge in [0.1, 0.15) is 0 Å². The second kappa shape index (κ2) is 4.67. The molecule has 0 nitrogen and oxygen atoms in total. The van der Waals surface area contributed by atoms with Crippen molar-refractivity contribution in [2.45, 2.75) is 20.8 Å². The van der Waals surface area contributed by atoms with Gasteiger partial charge in [-0.05, 0) is 0 Å². The van der Waals surface area contributed by atoms with E-state index in [1.807, 2.05) is 0 Å². The van der Waals surface area contributed by atoms with Gasteiger partial charge in [-0.25, -0.2) is 0 Å². The molecule has 0 unspecified atom stereocenters. The molecule has 0 N–H and O–H groups in total. The van der Waals surface area contributed by atoms with Crippen molar-refractivity contribution >= 4 is 9.97 Å². The van der Waals surface area contributed by atoms with Crippen LogP contribution in [0, 0.1) is 13.8 Å². The summed E-state index contributed by atoms with van der Waals surface area (Å²) in [4.78, 5) is 0. The maximum absolute atomic E-state index is 2.20. The van der Waals surface area contributed by atoms with Crippen LogP contribution in [0.15, 0.2) is 24.3 Å². The molecule has 0 bridgehead atoms. The summed E-state index contributed by atoms with van der Waals surface area (Å²) in [5.41, 5.74) is 4.08. The molecule has 0 radical (unpaired) electrons. The van der Waals surface area contributed by atoms with Gasteiger partial charge in [0.2, 0.25) is 0 Å². The van der Waals surface area contributed by atoms with Crippen LogP contribution in [0.1, 0.15) is 23.6 Å². The summed E-state index contributed by atoms with van der Waals surface area (Å²) in [6.45, 7) is 6.48. The van der Waals surface area contributed by atoms with Gasteiger partial charge in [-0.15, -0.1) is 0 Å². The zero-order valence-electron chi connectivity index (χ0n) is 8.29. The zero-order valence-corrected chi connectivity index (χ0v) is 11.2. The van der Waals surface area contributed by atoms with Crippen molar-refractivity contribution in [2.75, 3.05) is 0 Å². The molecule has 0 heterocycles. The van der Waals surface area contributed by atoms with E-state index in [9.17, 15) is 0 Å². The van der Waals surface area contributed by atoms with E-state index in [-0.39, 0.29) is 0 Å². The summed E-state index contributed by atoms with van der Waals surface area (Å²) in [6, 6.07) is 6.43. The first-order chi connectivity index (χ1) is 6.11. The average molecular weight is 342 g/mol. The van der Waals surface area contributed by atoms with Crippen LogP contribution in [0.25, 0.3) is 6.08 Å². The van der Waals surface area contributed by atoms with Crippen molar-refractivity contribution < 1.29 is 19.4 Å². The molecule has 68 valence electrons. The van der Waals surface area contributed by atoms with E-state index in [0.29, 0.717) is 0 Å². The summed E-state index contributed by atoms with van der Waals surface area (Å²) < 4.78 is 1.42. The first-order valence-corrected chi connectivity index (χ1v) is 5.83. The predicted molar refractivity (Wildman–Crippen MR) is 55.6 cm³/mol. The normalized spacial score (nSPS) is 10.7. The number of rotatable bonds is 2. The summed E-state index contributed by atoms with van der Waals surface area (Å²) in [5.74, 6) is 0. The molecule has 0 aliphatic heterocycles. The van der Waals surface area contributed by atoms with Crippen molar-refractivity contribution in [1.82, 2.24) is 0 Å². The fourth-order valence-corrected chi connectivity index (χ4v) is 1.41. The molecule has 0 amide bonds. The van der Waals surface area contributed by atoms with Crippen LogP contribution < -0.4 is 0 Å². The molecule has 0 fully saturated rings. The van der Waals surface area contributed by atoms with Crippen LogP contribution in [0.2, 0.25) is 0 Å². The van der Waals surface area contributed by atoms with Gasteiger partial charge >= 0.3 is 91.1 Å². The number of hydrogen-bond donors (Lipinski definition) is 0. The molecule has 1 rings (SSSR count). The van der Waals surface area contributed by atoms with Crippen molar-refractivity contribution in [3.05, 3.63) is 41.0 Å². The molecule has 0 aliphatic carbocycles. The van der Waals surface area contributed by atoms with E-state index in [1.165, 1.54) is 39.9 Å². The molecule has 0 saturated heterocycles. The van der Waals surface area contributed by atoms with Crippen molar-refractivity contribution in [2.24, 2.45) is 0 Å². The van der Waals surface area contributed by atoms with E-state index in [4.69, 9.17) is 0 Å². The average Bonchev–Trinajstić information content (AvgIpc) is 2.07. The number of benzene rings is 1. The van der Waals surface area contributed by atoms with Gasteiger partial charge in [0.15, 0.2) is 0 Å². The van der Waals surface area contributed by atoms with Gasteiger partial charge in [0, 0.05) is 0 Å². The van der Waals surface area contributed by atoms with Crippen LogP contribution in [-0.4, -0.2) is 3.90 Å². The molecule has 1 aromatic carbocycles.